The van der Waals surface area contributed by atoms with Gasteiger partial charge in [0.05, 0.1) is 5.52 Å². The monoisotopic (exact) mass is 312 g/mol. The molecule has 4 aromatic rings. The van der Waals surface area contributed by atoms with Gasteiger partial charge >= 0.3 is 0 Å². The van der Waals surface area contributed by atoms with Gasteiger partial charge in [-0.1, -0.05) is 42.5 Å². The highest BCUT2D eigenvalue weighted by molar-refractivity contribution is 5.93. The van der Waals surface area contributed by atoms with Crippen LogP contribution >= 0.6 is 0 Å². The van der Waals surface area contributed by atoms with Crippen molar-refractivity contribution in [3.05, 3.63) is 78.0 Å². The Bertz CT molecular complexity index is 1010. The second kappa shape index (κ2) is 5.20. The molecule has 1 aliphatic rings. The number of hydrogen-bond acceptors (Lipinski definition) is 3. The number of H-pyrrole nitrogens is 1. The van der Waals surface area contributed by atoms with Crippen molar-refractivity contribution < 1.29 is 0 Å². The van der Waals surface area contributed by atoms with E-state index < -0.39 is 0 Å². The molecule has 0 fully saturated rings. The van der Waals surface area contributed by atoms with E-state index >= 15 is 0 Å². The molecule has 0 bridgehead atoms. The first kappa shape index (κ1) is 13.3. The van der Waals surface area contributed by atoms with Gasteiger partial charge in [0.15, 0.2) is 0 Å². The van der Waals surface area contributed by atoms with Gasteiger partial charge in [0, 0.05) is 30.2 Å². The number of para-hydroxylation sites is 1. The molecular weight excluding hydrogens is 296 g/mol. The lowest BCUT2D eigenvalue weighted by atomic mass is 10.1. The van der Waals surface area contributed by atoms with E-state index in [-0.39, 0.29) is 0 Å². The quantitative estimate of drug-likeness (QED) is 0.605. The van der Waals surface area contributed by atoms with E-state index in [1.165, 1.54) is 11.1 Å². The Kier molecular flexibility index (Phi) is 2.88. The summed E-state index contributed by atoms with van der Waals surface area (Å²) in [6, 6.07) is 20.9. The second-order valence-electron chi connectivity index (χ2n) is 6.15. The summed E-state index contributed by atoms with van der Waals surface area (Å²) < 4.78 is 0. The molecule has 2 aromatic heterocycles. The van der Waals surface area contributed by atoms with Gasteiger partial charge in [-0.15, -0.1) is 0 Å². The van der Waals surface area contributed by atoms with E-state index in [4.69, 9.17) is 0 Å². The summed E-state index contributed by atoms with van der Waals surface area (Å²) in [6.07, 6.45) is 1.87. The van der Waals surface area contributed by atoms with Gasteiger partial charge in [-0.2, -0.15) is 5.10 Å². The van der Waals surface area contributed by atoms with Gasteiger partial charge in [0.25, 0.3) is 0 Å². The molecule has 0 saturated carbocycles. The standard InChI is InChI=1S/C20H16N4/c1-2-6-16-13-24(12-15(16)5-1)19-11-14(9-10-21-19)20-17-7-3-4-8-18(17)22-23-20/h1-11H,12-13H2,(H,22,23). The molecule has 0 unspecified atom stereocenters. The van der Waals surface area contributed by atoms with Crippen molar-refractivity contribution in [3.63, 3.8) is 0 Å². The van der Waals surface area contributed by atoms with Crippen molar-refractivity contribution in [2.75, 3.05) is 4.90 Å². The first-order chi connectivity index (χ1) is 11.9. The molecule has 4 nitrogen and oxygen atoms in total. The van der Waals surface area contributed by atoms with Crippen molar-refractivity contribution in [1.82, 2.24) is 15.2 Å². The summed E-state index contributed by atoms with van der Waals surface area (Å²) in [4.78, 5) is 6.89. The molecule has 0 amide bonds. The lowest BCUT2D eigenvalue weighted by molar-refractivity contribution is 0.857. The summed E-state index contributed by atoms with van der Waals surface area (Å²) in [5.41, 5.74) is 5.89. The number of anilines is 1. The zero-order valence-corrected chi connectivity index (χ0v) is 13.1. The Labute approximate surface area is 139 Å². The first-order valence-corrected chi connectivity index (χ1v) is 8.10. The average molecular weight is 312 g/mol. The fourth-order valence-electron chi connectivity index (χ4n) is 3.42. The number of aromatic nitrogens is 3. The Hall–Kier alpha value is -3.14. The molecular formula is C20H16N4. The maximum Gasteiger partial charge on any atom is 0.129 e. The van der Waals surface area contributed by atoms with E-state index in [9.17, 15) is 0 Å². The smallest absolute Gasteiger partial charge is 0.129 e. The van der Waals surface area contributed by atoms with Gasteiger partial charge in [0.2, 0.25) is 0 Å². The van der Waals surface area contributed by atoms with Gasteiger partial charge in [-0.05, 0) is 29.3 Å². The molecule has 3 heterocycles. The van der Waals surface area contributed by atoms with Gasteiger partial charge in [-0.25, -0.2) is 4.98 Å². The molecule has 0 radical (unpaired) electrons. The highest BCUT2D eigenvalue weighted by atomic mass is 15.2. The second-order valence-corrected chi connectivity index (χ2v) is 6.15. The third-order valence-electron chi connectivity index (χ3n) is 4.65. The van der Waals surface area contributed by atoms with E-state index in [2.05, 4.69) is 56.5 Å². The van der Waals surface area contributed by atoms with Crippen molar-refractivity contribution in [3.8, 4) is 11.3 Å². The number of fused-ring (bicyclic) bond motifs is 2. The molecule has 116 valence electrons. The molecule has 0 atom stereocenters. The van der Waals surface area contributed by atoms with Gasteiger partial charge in [-0.3, -0.25) is 5.10 Å². The Balaban J connectivity index is 1.54. The Morgan fingerprint density at radius 3 is 2.46 bits per heavy atom. The first-order valence-electron chi connectivity index (χ1n) is 8.10. The average Bonchev–Trinajstić information content (AvgIpc) is 3.26. The van der Waals surface area contributed by atoms with Crippen molar-refractivity contribution in [1.29, 1.82) is 0 Å². The van der Waals surface area contributed by atoms with Crippen LogP contribution in [0.3, 0.4) is 0 Å². The van der Waals surface area contributed by atoms with Crippen molar-refractivity contribution in [2.24, 2.45) is 0 Å². The minimum Gasteiger partial charge on any atom is -0.348 e. The molecule has 5 rings (SSSR count). The number of nitrogens with zero attached hydrogens (tertiary/aromatic N) is 3. The Morgan fingerprint density at radius 2 is 1.62 bits per heavy atom. The lowest BCUT2D eigenvalue weighted by Crippen LogP contribution is -2.15. The Morgan fingerprint density at radius 1 is 0.875 bits per heavy atom. The van der Waals surface area contributed by atoms with Gasteiger partial charge in [0.1, 0.15) is 11.5 Å². The van der Waals surface area contributed by atoms with Crippen molar-refractivity contribution in [2.45, 2.75) is 13.1 Å². The number of pyridine rings is 1. The molecule has 24 heavy (non-hydrogen) atoms. The van der Waals surface area contributed by atoms with E-state index in [1.54, 1.807) is 0 Å². The van der Waals surface area contributed by atoms with Gasteiger partial charge < -0.3 is 4.90 Å². The van der Waals surface area contributed by atoms with Crippen molar-refractivity contribution >= 4 is 16.7 Å². The number of rotatable bonds is 2. The topological polar surface area (TPSA) is 44.8 Å². The third-order valence-corrected chi connectivity index (χ3v) is 4.65. The van der Waals surface area contributed by atoms with Crippen LogP contribution in [0.15, 0.2) is 66.9 Å². The molecule has 0 saturated heterocycles. The van der Waals surface area contributed by atoms with E-state index in [0.717, 1.165) is 41.1 Å². The zero-order chi connectivity index (χ0) is 15.9. The largest absolute Gasteiger partial charge is 0.348 e. The highest BCUT2D eigenvalue weighted by Crippen LogP contribution is 2.31. The highest BCUT2D eigenvalue weighted by Gasteiger charge is 2.20. The molecule has 1 aliphatic heterocycles. The lowest BCUT2D eigenvalue weighted by Gasteiger charge is -2.16. The molecule has 4 heteroatoms. The third kappa shape index (κ3) is 2.07. The van der Waals surface area contributed by atoms with E-state index in [1.807, 2.05) is 30.5 Å². The molecule has 0 aliphatic carbocycles. The van der Waals surface area contributed by atoms with Crippen LogP contribution in [0.5, 0.6) is 0 Å². The predicted molar refractivity (Wildman–Crippen MR) is 95.7 cm³/mol. The molecule has 0 spiro atoms. The van der Waals surface area contributed by atoms with Crippen LogP contribution in [0.2, 0.25) is 0 Å². The maximum atomic E-state index is 4.58. The zero-order valence-electron chi connectivity index (χ0n) is 13.1. The van der Waals surface area contributed by atoms with Crippen LogP contribution in [0.25, 0.3) is 22.2 Å². The van der Waals surface area contributed by atoms with Crippen LogP contribution < -0.4 is 4.90 Å². The predicted octanol–water partition coefficient (Wildman–Crippen LogP) is 4.15. The fraction of sp³-hybridized carbons (Fsp3) is 0.100. The van der Waals surface area contributed by atoms with E-state index in [0.29, 0.717) is 0 Å². The number of benzene rings is 2. The van der Waals surface area contributed by atoms with Crippen LogP contribution in [0, 0.1) is 0 Å². The summed E-state index contributed by atoms with van der Waals surface area (Å²) in [5.74, 6) is 0.996. The SMILES string of the molecule is c1ccc2c(c1)CN(c1cc(-c3n[nH]c4ccccc34)ccn1)C2. The number of nitrogens with one attached hydrogen (secondary N) is 1. The van der Waals surface area contributed by atoms with Crippen LogP contribution in [0.1, 0.15) is 11.1 Å². The number of aromatic amines is 1. The number of hydrogen-bond donors (Lipinski definition) is 1. The van der Waals surface area contributed by atoms with Crippen LogP contribution in [0.4, 0.5) is 5.82 Å². The minimum absolute atomic E-state index is 0.911. The molecule has 2 aromatic carbocycles. The van der Waals surface area contributed by atoms with Crippen LogP contribution in [-0.2, 0) is 13.1 Å². The van der Waals surface area contributed by atoms with Crippen LogP contribution in [-0.4, -0.2) is 15.2 Å². The summed E-state index contributed by atoms with van der Waals surface area (Å²) >= 11 is 0. The summed E-state index contributed by atoms with van der Waals surface area (Å²) in [6.45, 7) is 1.82. The summed E-state index contributed by atoms with van der Waals surface area (Å²) in [7, 11) is 0. The minimum atomic E-state index is 0.911. The maximum absolute atomic E-state index is 4.58. The fourth-order valence-corrected chi connectivity index (χ4v) is 3.42. The normalized spacial score (nSPS) is 13.4. The molecule has 1 N–H and O–H groups in total. The summed E-state index contributed by atoms with van der Waals surface area (Å²) in [5, 5.41) is 8.75.